The lowest BCUT2D eigenvalue weighted by molar-refractivity contribution is 0.371. The number of halogens is 1. The first kappa shape index (κ1) is 22.2. The molecule has 0 bridgehead atoms. The molecule has 0 saturated carbocycles. The summed E-state index contributed by atoms with van der Waals surface area (Å²) < 4.78 is 18.7. The fourth-order valence-electron chi connectivity index (χ4n) is 3.81. The number of fused-ring (bicyclic) bond motifs is 1. The van der Waals surface area contributed by atoms with Gasteiger partial charge < -0.3 is 19.9 Å². The Balaban J connectivity index is 1.85. The highest BCUT2D eigenvalue weighted by atomic mass is 19.1. The summed E-state index contributed by atoms with van der Waals surface area (Å²) in [5.41, 5.74) is 6.10. The highest BCUT2D eigenvalue weighted by Gasteiger charge is 2.27. The van der Waals surface area contributed by atoms with E-state index in [0.29, 0.717) is 6.54 Å². The van der Waals surface area contributed by atoms with Crippen LogP contribution < -0.4 is 15.0 Å². The van der Waals surface area contributed by atoms with Crippen LogP contribution in [0, 0.1) is 11.7 Å². The summed E-state index contributed by atoms with van der Waals surface area (Å²) >= 11 is 0. The number of anilines is 1. The van der Waals surface area contributed by atoms with Crippen molar-refractivity contribution in [2.24, 2.45) is 5.92 Å². The second-order valence-electron chi connectivity index (χ2n) is 7.60. The van der Waals surface area contributed by atoms with Gasteiger partial charge in [0.1, 0.15) is 11.6 Å². The number of nitrogens with zero attached hydrogens (tertiary/aromatic N) is 2. The molecule has 1 heterocycles. The van der Waals surface area contributed by atoms with Gasteiger partial charge in [-0.25, -0.2) is 4.39 Å². The maximum absolute atomic E-state index is 13.3. The van der Waals surface area contributed by atoms with Crippen molar-refractivity contribution in [2.75, 3.05) is 32.6 Å². The minimum absolute atomic E-state index is 0.0154. The van der Waals surface area contributed by atoms with Crippen LogP contribution in [0.1, 0.15) is 11.1 Å². The summed E-state index contributed by atoms with van der Waals surface area (Å²) in [4.78, 5) is 4.22. The molecule has 0 aliphatic carbocycles. The third kappa shape index (κ3) is 4.82. The Bertz CT molecular complexity index is 1010. The van der Waals surface area contributed by atoms with Gasteiger partial charge in [0.25, 0.3) is 0 Å². The number of rotatable bonds is 9. The molecule has 0 radical (unpaired) electrons. The molecule has 0 saturated heterocycles. The average molecular weight is 420 g/mol. The molecule has 3 rings (SSSR count). The number of allylic oxidation sites excluding steroid dienone is 1. The zero-order valence-corrected chi connectivity index (χ0v) is 18.5. The molecule has 162 valence electrons. The third-order valence-corrected chi connectivity index (χ3v) is 5.73. The number of ether oxygens (including phenoxy) is 1. The fraction of sp³-hybridized carbons (Fsp3) is 0.231. The fourth-order valence-corrected chi connectivity index (χ4v) is 3.81. The lowest BCUT2D eigenvalue weighted by atomic mass is 9.95. The van der Waals surface area contributed by atoms with Crippen molar-refractivity contribution in [2.45, 2.75) is 6.54 Å². The van der Waals surface area contributed by atoms with E-state index < -0.39 is 0 Å². The Kier molecular flexibility index (Phi) is 6.85. The van der Waals surface area contributed by atoms with Crippen molar-refractivity contribution in [1.29, 1.82) is 0 Å². The number of methoxy groups -OCH3 is 1. The maximum atomic E-state index is 13.3. The van der Waals surface area contributed by atoms with Gasteiger partial charge in [0.2, 0.25) is 0 Å². The predicted octanol–water partition coefficient (Wildman–Crippen LogP) is 5.18. The smallest absolute Gasteiger partial charge is 0.123 e. The van der Waals surface area contributed by atoms with Crippen LogP contribution in [0.15, 0.2) is 85.7 Å². The van der Waals surface area contributed by atoms with Gasteiger partial charge in [0.15, 0.2) is 0 Å². The van der Waals surface area contributed by atoms with Crippen LogP contribution in [-0.2, 0) is 6.54 Å². The normalized spacial score (nSPS) is 14.1. The summed E-state index contributed by atoms with van der Waals surface area (Å²) in [6, 6.07) is 12.5. The van der Waals surface area contributed by atoms with E-state index in [1.807, 2.05) is 43.4 Å². The first-order chi connectivity index (χ1) is 14.9. The summed E-state index contributed by atoms with van der Waals surface area (Å²) in [5, 5.41) is 3.20. The Hall–Kier alpha value is -3.47. The molecule has 0 aromatic heterocycles. The van der Waals surface area contributed by atoms with E-state index in [1.54, 1.807) is 19.2 Å². The van der Waals surface area contributed by atoms with E-state index >= 15 is 0 Å². The molecule has 4 nitrogen and oxygen atoms in total. The number of benzene rings is 2. The molecule has 0 fully saturated rings. The molecule has 0 amide bonds. The standard InChI is InChI=1S/C26H30FN3O/c1-7-20(15-29(5)23-11-9-22(27)10-12-23)26(18(2)28-4)17-30-16-21-8-13-24(31-6)14-25(21)19(30)3/h7-15,26,28H,1-3,16-17H2,4-6H3/b20-15+/t26-/m0/s1. The van der Waals surface area contributed by atoms with Gasteiger partial charge in [0.05, 0.1) is 7.11 Å². The quantitative estimate of drug-likeness (QED) is 0.567. The SMILES string of the molecule is C=C/C(=C\N(C)c1ccc(F)cc1)[C@@H](CN1Cc2ccc(OC)cc2C1=C)C(=C)NC. The van der Waals surface area contributed by atoms with Gasteiger partial charge in [0, 0.05) is 61.9 Å². The zero-order valence-electron chi connectivity index (χ0n) is 18.5. The Morgan fingerprint density at radius 1 is 1.29 bits per heavy atom. The molecule has 5 heteroatoms. The van der Waals surface area contributed by atoms with Crippen molar-refractivity contribution < 1.29 is 9.13 Å². The predicted molar refractivity (Wildman–Crippen MR) is 127 cm³/mol. The first-order valence-corrected chi connectivity index (χ1v) is 10.2. The van der Waals surface area contributed by atoms with Gasteiger partial charge >= 0.3 is 0 Å². The van der Waals surface area contributed by atoms with Gasteiger partial charge in [-0.15, -0.1) is 0 Å². The molecule has 0 spiro atoms. The number of hydrogen-bond acceptors (Lipinski definition) is 4. The molecule has 1 atom stereocenters. The second-order valence-corrected chi connectivity index (χ2v) is 7.60. The zero-order chi connectivity index (χ0) is 22.5. The highest BCUT2D eigenvalue weighted by molar-refractivity contribution is 5.70. The molecule has 1 aliphatic rings. The maximum Gasteiger partial charge on any atom is 0.123 e. The van der Waals surface area contributed by atoms with Gasteiger partial charge in [-0.05, 0) is 47.5 Å². The Morgan fingerprint density at radius 3 is 2.61 bits per heavy atom. The van der Waals surface area contributed by atoms with Gasteiger partial charge in [-0.3, -0.25) is 0 Å². The number of nitrogens with one attached hydrogen (secondary N) is 1. The molecular weight excluding hydrogens is 389 g/mol. The Labute approximate surface area is 184 Å². The van der Waals surface area contributed by atoms with Crippen molar-refractivity contribution in [3.05, 3.63) is 103 Å². The van der Waals surface area contributed by atoms with E-state index in [4.69, 9.17) is 4.74 Å². The summed E-state index contributed by atoms with van der Waals surface area (Å²) in [7, 11) is 5.48. The minimum atomic E-state index is -0.254. The van der Waals surface area contributed by atoms with Crippen molar-refractivity contribution in [1.82, 2.24) is 10.2 Å². The molecular formula is C26H30FN3O. The van der Waals surface area contributed by atoms with E-state index in [2.05, 4.69) is 36.0 Å². The molecule has 2 aromatic carbocycles. The molecule has 31 heavy (non-hydrogen) atoms. The minimum Gasteiger partial charge on any atom is -0.497 e. The van der Waals surface area contributed by atoms with Crippen LogP contribution in [0.25, 0.3) is 5.70 Å². The summed E-state index contributed by atoms with van der Waals surface area (Å²) in [6.07, 6.45) is 3.87. The van der Waals surface area contributed by atoms with Crippen molar-refractivity contribution in [3.63, 3.8) is 0 Å². The highest BCUT2D eigenvalue weighted by Crippen LogP contribution is 2.36. The van der Waals surface area contributed by atoms with E-state index in [-0.39, 0.29) is 11.7 Å². The van der Waals surface area contributed by atoms with Crippen molar-refractivity contribution >= 4 is 11.4 Å². The second kappa shape index (κ2) is 9.56. The third-order valence-electron chi connectivity index (χ3n) is 5.73. The summed E-state index contributed by atoms with van der Waals surface area (Å²) in [5.74, 6) is 0.555. The van der Waals surface area contributed by atoms with E-state index in [1.165, 1.54) is 17.7 Å². The average Bonchev–Trinajstić information content (AvgIpc) is 3.10. The van der Waals surface area contributed by atoms with Crippen molar-refractivity contribution in [3.8, 4) is 5.75 Å². The molecule has 0 unspecified atom stereocenters. The van der Waals surface area contributed by atoms with Crippen LogP contribution in [0.4, 0.5) is 10.1 Å². The molecule has 1 aliphatic heterocycles. The lowest BCUT2D eigenvalue weighted by Crippen LogP contribution is -2.30. The van der Waals surface area contributed by atoms with Crippen LogP contribution in [0.2, 0.25) is 0 Å². The van der Waals surface area contributed by atoms with E-state index in [9.17, 15) is 4.39 Å². The largest absolute Gasteiger partial charge is 0.497 e. The van der Waals surface area contributed by atoms with Gasteiger partial charge in [-0.2, -0.15) is 0 Å². The number of hydrogen-bond donors (Lipinski definition) is 1. The molecule has 1 N–H and O–H groups in total. The van der Waals surface area contributed by atoms with E-state index in [0.717, 1.165) is 40.5 Å². The van der Waals surface area contributed by atoms with Crippen LogP contribution in [0.5, 0.6) is 5.75 Å². The summed E-state index contributed by atoms with van der Waals surface area (Å²) in [6.45, 7) is 14.1. The molecule has 2 aromatic rings. The topological polar surface area (TPSA) is 27.7 Å². The van der Waals surface area contributed by atoms with Crippen LogP contribution >= 0.6 is 0 Å². The first-order valence-electron chi connectivity index (χ1n) is 10.2. The monoisotopic (exact) mass is 419 g/mol. The van der Waals surface area contributed by atoms with Crippen LogP contribution in [0.3, 0.4) is 0 Å². The Morgan fingerprint density at radius 2 is 2.00 bits per heavy atom. The lowest BCUT2D eigenvalue weighted by Gasteiger charge is -2.29. The van der Waals surface area contributed by atoms with Crippen LogP contribution in [-0.4, -0.2) is 32.6 Å². The van der Waals surface area contributed by atoms with Gasteiger partial charge in [-0.1, -0.05) is 31.9 Å².